The maximum Gasteiger partial charge on any atom is 0.255 e. The molecule has 0 bridgehead atoms. The van der Waals surface area contributed by atoms with Crippen molar-refractivity contribution >= 4 is 23.6 Å². The summed E-state index contributed by atoms with van der Waals surface area (Å²) in [5.74, 6) is 0.962. The number of para-hydroxylation sites is 1. The molecular weight excluding hydrogens is 324 g/mol. The molecule has 0 aliphatic heterocycles. The standard InChI is InChI=1S/C18H26N2O3S/c1-23-16-10-6-5-9-14(16)17(21)20-15(11-12-24-2)18(22)19-13-7-3-4-8-13/h5-6,9-10,13,15H,3-4,7-8,11-12H2,1-2H3,(H,19,22)(H,20,21). The average Bonchev–Trinajstić information content (AvgIpc) is 3.11. The van der Waals surface area contributed by atoms with Gasteiger partial charge in [-0.15, -0.1) is 0 Å². The van der Waals surface area contributed by atoms with Crippen LogP contribution < -0.4 is 15.4 Å². The highest BCUT2D eigenvalue weighted by atomic mass is 32.2. The second-order valence-corrected chi connectivity index (χ2v) is 6.98. The van der Waals surface area contributed by atoms with E-state index in [2.05, 4.69) is 10.6 Å². The van der Waals surface area contributed by atoms with Crippen molar-refractivity contribution in [3.05, 3.63) is 29.8 Å². The minimum Gasteiger partial charge on any atom is -0.496 e. The molecule has 1 saturated carbocycles. The number of ether oxygens (including phenoxy) is 1. The molecule has 6 heteroatoms. The summed E-state index contributed by atoms with van der Waals surface area (Å²) in [4.78, 5) is 25.1. The van der Waals surface area contributed by atoms with Crippen molar-refractivity contribution in [3.63, 3.8) is 0 Å². The van der Waals surface area contributed by atoms with Crippen LogP contribution in [0, 0.1) is 0 Å². The van der Waals surface area contributed by atoms with Crippen LogP contribution in [0.3, 0.4) is 0 Å². The van der Waals surface area contributed by atoms with Crippen molar-refractivity contribution in [1.82, 2.24) is 10.6 Å². The Bertz CT molecular complexity index is 559. The predicted molar refractivity (Wildman–Crippen MR) is 97.6 cm³/mol. The third-order valence-corrected chi connectivity index (χ3v) is 4.93. The van der Waals surface area contributed by atoms with Crippen LogP contribution in [0.4, 0.5) is 0 Å². The molecule has 2 rings (SSSR count). The molecule has 0 heterocycles. The normalized spacial score (nSPS) is 15.8. The van der Waals surface area contributed by atoms with E-state index in [9.17, 15) is 9.59 Å². The molecule has 5 nitrogen and oxygen atoms in total. The van der Waals surface area contributed by atoms with Crippen LogP contribution in [0.1, 0.15) is 42.5 Å². The Hall–Kier alpha value is -1.69. The lowest BCUT2D eigenvalue weighted by molar-refractivity contribution is -0.123. The summed E-state index contributed by atoms with van der Waals surface area (Å²) in [6.45, 7) is 0. The number of rotatable bonds is 8. The first-order chi connectivity index (χ1) is 11.7. The van der Waals surface area contributed by atoms with Gasteiger partial charge in [0.1, 0.15) is 11.8 Å². The molecule has 2 N–H and O–H groups in total. The first kappa shape index (κ1) is 18.6. The molecule has 1 aliphatic carbocycles. The van der Waals surface area contributed by atoms with Crippen molar-refractivity contribution in [2.45, 2.75) is 44.2 Å². The lowest BCUT2D eigenvalue weighted by Crippen LogP contribution is -2.49. The molecular formula is C18H26N2O3S. The van der Waals surface area contributed by atoms with Gasteiger partial charge in [0.25, 0.3) is 5.91 Å². The lowest BCUT2D eigenvalue weighted by atomic mass is 10.1. The molecule has 0 aromatic heterocycles. The van der Waals surface area contributed by atoms with Crippen LogP contribution in [0.25, 0.3) is 0 Å². The molecule has 24 heavy (non-hydrogen) atoms. The highest BCUT2D eigenvalue weighted by Gasteiger charge is 2.25. The van der Waals surface area contributed by atoms with Crippen LogP contribution in [0.2, 0.25) is 0 Å². The van der Waals surface area contributed by atoms with E-state index in [1.54, 1.807) is 30.0 Å². The van der Waals surface area contributed by atoms with Gasteiger partial charge in [-0.05, 0) is 43.4 Å². The van der Waals surface area contributed by atoms with Crippen molar-refractivity contribution in [2.24, 2.45) is 0 Å². The Morgan fingerprint density at radius 2 is 2.00 bits per heavy atom. The summed E-state index contributed by atoms with van der Waals surface area (Å²) in [5.41, 5.74) is 0.447. The fraction of sp³-hybridized carbons (Fsp3) is 0.556. The summed E-state index contributed by atoms with van der Waals surface area (Å²) in [5, 5.41) is 5.95. The number of nitrogens with one attached hydrogen (secondary N) is 2. The highest BCUT2D eigenvalue weighted by molar-refractivity contribution is 7.98. The second kappa shape index (κ2) is 9.57. The molecule has 2 amide bonds. The van der Waals surface area contributed by atoms with Gasteiger partial charge in [0, 0.05) is 6.04 Å². The fourth-order valence-corrected chi connectivity index (χ4v) is 3.42. The Morgan fingerprint density at radius 3 is 2.67 bits per heavy atom. The van der Waals surface area contributed by atoms with E-state index in [4.69, 9.17) is 4.74 Å². The maximum absolute atomic E-state index is 12.6. The van der Waals surface area contributed by atoms with Gasteiger partial charge in [0.2, 0.25) is 5.91 Å². The third-order valence-electron chi connectivity index (χ3n) is 4.29. The third kappa shape index (κ3) is 5.16. The number of carbonyl (C=O) groups is 2. The first-order valence-corrected chi connectivity index (χ1v) is 9.78. The van der Waals surface area contributed by atoms with Crippen LogP contribution in [-0.2, 0) is 4.79 Å². The molecule has 1 atom stereocenters. The Labute approximate surface area is 147 Å². The Morgan fingerprint density at radius 1 is 1.29 bits per heavy atom. The summed E-state index contributed by atoms with van der Waals surface area (Å²) in [7, 11) is 1.53. The first-order valence-electron chi connectivity index (χ1n) is 8.39. The van der Waals surface area contributed by atoms with Gasteiger partial charge in [0.05, 0.1) is 12.7 Å². The number of hydrogen-bond acceptors (Lipinski definition) is 4. The number of benzene rings is 1. The zero-order valence-corrected chi connectivity index (χ0v) is 15.2. The molecule has 1 aromatic rings. The maximum atomic E-state index is 12.6. The molecule has 0 radical (unpaired) electrons. The zero-order chi connectivity index (χ0) is 17.4. The van der Waals surface area contributed by atoms with E-state index < -0.39 is 6.04 Å². The molecule has 1 unspecified atom stereocenters. The van der Waals surface area contributed by atoms with Crippen molar-refractivity contribution in [1.29, 1.82) is 0 Å². The molecule has 0 spiro atoms. The number of amides is 2. The number of thioether (sulfide) groups is 1. The largest absolute Gasteiger partial charge is 0.496 e. The fourth-order valence-electron chi connectivity index (χ4n) is 2.94. The Balaban J connectivity index is 2.03. The van der Waals surface area contributed by atoms with Crippen LogP contribution in [0.5, 0.6) is 5.75 Å². The van der Waals surface area contributed by atoms with Gasteiger partial charge in [-0.1, -0.05) is 25.0 Å². The van der Waals surface area contributed by atoms with Gasteiger partial charge in [-0.2, -0.15) is 11.8 Å². The summed E-state index contributed by atoms with van der Waals surface area (Å²) in [6, 6.07) is 6.77. The number of hydrogen-bond donors (Lipinski definition) is 2. The topological polar surface area (TPSA) is 67.4 Å². The second-order valence-electron chi connectivity index (χ2n) is 6.00. The highest BCUT2D eigenvalue weighted by Crippen LogP contribution is 2.19. The minimum absolute atomic E-state index is 0.0841. The molecule has 132 valence electrons. The van der Waals surface area contributed by atoms with E-state index in [0.29, 0.717) is 17.7 Å². The van der Waals surface area contributed by atoms with E-state index in [0.717, 1.165) is 31.4 Å². The summed E-state index contributed by atoms with van der Waals surface area (Å²) >= 11 is 1.66. The quantitative estimate of drug-likeness (QED) is 0.756. The molecule has 0 saturated heterocycles. The van der Waals surface area contributed by atoms with E-state index in [-0.39, 0.29) is 17.9 Å². The van der Waals surface area contributed by atoms with E-state index in [1.807, 2.05) is 12.3 Å². The average molecular weight is 350 g/mol. The summed E-state index contributed by atoms with van der Waals surface area (Å²) in [6.07, 6.45) is 6.99. The van der Waals surface area contributed by atoms with E-state index >= 15 is 0 Å². The van der Waals surface area contributed by atoms with Crippen molar-refractivity contribution in [3.8, 4) is 5.75 Å². The zero-order valence-electron chi connectivity index (χ0n) is 14.3. The SMILES string of the molecule is COc1ccccc1C(=O)NC(CCSC)C(=O)NC1CCCC1. The monoisotopic (exact) mass is 350 g/mol. The van der Waals surface area contributed by atoms with E-state index in [1.165, 1.54) is 7.11 Å². The number of methoxy groups -OCH3 is 1. The van der Waals surface area contributed by atoms with Gasteiger partial charge < -0.3 is 15.4 Å². The minimum atomic E-state index is -0.518. The molecule has 1 aliphatic rings. The van der Waals surface area contributed by atoms with Crippen LogP contribution >= 0.6 is 11.8 Å². The Kier molecular flexibility index (Phi) is 7.43. The smallest absolute Gasteiger partial charge is 0.255 e. The predicted octanol–water partition coefficient (Wildman–Crippen LogP) is 2.61. The van der Waals surface area contributed by atoms with Crippen LogP contribution in [-0.4, -0.2) is 43.0 Å². The number of carbonyl (C=O) groups excluding carboxylic acids is 2. The lowest BCUT2D eigenvalue weighted by Gasteiger charge is -2.21. The molecule has 1 aromatic carbocycles. The van der Waals surface area contributed by atoms with Gasteiger partial charge in [-0.3, -0.25) is 9.59 Å². The van der Waals surface area contributed by atoms with Crippen molar-refractivity contribution < 1.29 is 14.3 Å². The van der Waals surface area contributed by atoms with Crippen molar-refractivity contribution in [2.75, 3.05) is 19.1 Å². The van der Waals surface area contributed by atoms with Gasteiger partial charge in [0.15, 0.2) is 0 Å². The summed E-state index contributed by atoms with van der Waals surface area (Å²) < 4.78 is 5.23. The van der Waals surface area contributed by atoms with Crippen LogP contribution in [0.15, 0.2) is 24.3 Å². The van der Waals surface area contributed by atoms with Gasteiger partial charge >= 0.3 is 0 Å². The molecule has 1 fully saturated rings. The van der Waals surface area contributed by atoms with Gasteiger partial charge in [-0.25, -0.2) is 0 Å².